The van der Waals surface area contributed by atoms with Crippen LogP contribution in [0.5, 0.6) is 0 Å². The van der Waals surface area contributed by atoms with Gasteiger partial charge in [0.15, 0.2) is 5.82 Å². The first kappa shape index (κ1) is 21.9. The van der Waals surface area contributed by atoms with Crippen molar-refractivity contribution in [1.82, 2.24) is 20.5 Å². The molecule has 0 aliphatic heterocycles. The van der Waals surface area contributed by atoms with Gasteiger partial charge < -0.3 is 14.5 Å². The van der Waals surface area contributed by atoms with E-state index in [1.165, 1.54) is 6.07 Å². The highest BCUT2D eigenvalue weighted by Crippen LogP contribution is 2.30. The van der Waals surface area contributed by atoms with Crippen molar-refractivity contribution < 1.29 is 18.3 Å². The number of benzene rings is 1. The maximum Gasteiger partial charge on any atom is 0.408 e. The largest absolute Gasteiger partial charge is 0.444 e. The number of aromatic nitrogens is 3. The fourth-order valence-corrected chi connectivity index (χ4v) is 3.17. The predicted octanol–water partition coefficient (Wildman–Crippen LogP) is 5.02. The van der Waals surface area contributed by atoms with Crippen LogP contribution >= 0.6 is 15.9 Å². The van der Waals surface area contributed by atoms with E-state index in [9.17, 15) is 9.18 Å². The Balaban J connectivity index is 1.96. The predicted molar refractivity (Wildman–Crippen MR) is 112 cm³/mol. The maximum absolute atomic E-state index is 14.2. The van der Waals surface area contributed by atoms with E-state index < -0.39 is 23.1 Å². The maximum atomic E-state index is 14.2. The van der Waals surface area contributed by atoms with E-state index in [2.05, 4.69) is 36.4 Å². The first-order chi connectivity index (χ1) is 14.1. The minimum absolute atomic E-state index is 0.0177. The quantitative estimate of drug-likeness (QED) is 0.520. The average molecular weight is 477 g/mol. The molecule has 1 N–H and O–H groups in total. The third kappa shape index (κ3) is 5.41. The number of amides is 1. The second kappa shape index (κ2) is 8.51. The Kier molecular flexibility index (Phi) is 6.21. The number of rotatable bonds is 5. The molecule has 1 atom stereocenters. The van der Waals surface area contributed by atoms with Crippen LogP contribution in [0.3, 0.4) is 0 Å². The molecule has 0 radical (unpaired) electrons. The van der Waals surface area contributed by atoms with Gasteiger partial charge in [-0.15, -0.1) is 10.2 Å². The third-order valence-corrected chi connectivity index (χ3v) is 4.56. The molecule has 0 bridgehead atoms. The second-order valence-corrected chi connectivity index (χ2v) is 8.83. The number of hydrogen-bond acceptors (Lipinski definition) is 6. The minimum Gasteiger partial charge on any atom is -0.444 e. The summed E-state index contributed by atoms with van der Waals surface area (Å²) in [6.45, 7) is 7.07. The van der Waals surface area contributed by atoms with Crippen LogP contribution in [-0.2, 0) is 16.7 Å². The number of nitrogens with one attached hydrogen (secondary N) is 1. The zero-order valence-corrected chi connectivity index (χ0v) is 18.7. The van der Waals surface area contributed by atoms with Crippen molar-refractivity contribution in [3.05, 3.63) is 64.5 Å². The first-order valence-corrected chi connectivity index (χ1v) is 10.1. The number of alkyl carbamates (subject to hydrolysis) is 1. The molecule has 3 aromatic rings. The van der Waals surface area contributed by atoms with Gasteiger partial charge in [0, 0.05) is 6.42 Å². The van der Waals surface area contributed by atoms with Crippen molar-refractivity contribution in [1.29, 1.82) is 0 Å². The number of carbonyl (C=O) groups is 1. The van der Waals surface area contributed by atoms with Gasteiger partial charge in [-0.05, 0) is 55.3 Å². The van der Waals surface area contributed by atoms with Gasteiger partial charge in [0.25, 0.3) is 5.89 Å². The molecule has 0 aliphatic carbocycles. The SMILES string of the molecule is CC(C)(C)OC(=O)NC(C)(Cc1ccccc1)c1nnc(-c2cc(Br)ncc2F)o1. The summed E-state index contributed by atoms with van der Waals surface area (Å²) in [7, 11) is 0. The Morgan fingerprint density at radius 2 is 1.90 bits per heavy atom. The van der Waals surface area contributed by atoms with Gasteiger partial charge in [-0.1, -0.05) is 30.3 Å². The molecule has 1 amide bonds. The number of carbonyl (C=O) groups excluding carboxylic acids is 1. The molecule has 0 saturated carbocycles. The molecule has 0 spiro atoms. The summed E-state index contributed by atoms with van der Waals surface area (Å²) in [6, 6.07) is 11.0. The summed E-state index contributed by atoms with van der Waals surface area (Å²) >= 11 is 3.20. The summed E-state index contributed by atoms with van der Waals surface area (Å²) < 4.78 is 25.8. The van der Waals surface area contributed by atoms with Gasteiger partial charge >= 0.3 is 6.09 Å². The first-order valence-electron chi connectivity index (χ1n) is 9.26. The van der Waals surface area contributed by atoms with E-state index in [-0.39, 0.29) is 17.3 Å². The Labute approximate surface area is 182 Å². The van der Waals surface area contributed by atoms with Crippen LogP contribution in [0, 0.1) is 5.82 Å². The average Bonchev–Trinajstić information content (AvgIpc) is 3.13. The van der Waals surface area contributed by atoms with Crippen molar-refractivity contribution in [3.63, 3.8) is 0 Å². The summed E-state index contributed by atoms with van der Waals surface area (Å²) in [6.07, 6.45) is 0.793. The summed E-state index contributed by atoms with van der Waals surface area (Å²) in [5, 5.41) is 10.9. The fourth-order valence-electron chi connectivity index (χ4n) is 2.84. The molecule has 3 rings (SSSR count). The van der Waals surface area contributed by atoms with Crippen LogP contribution in [0.15, 0.2) is 51.6 Å². The molecule has 158 valence electrons. The Bertz CT molecular complexity index is 1040. The molecule has 7 nitrogen and oxygen atoms in total. The van der Waals surface area contributed by atoms with Crippen LogP contribution in [0.25, 0.3) is 11.5 Å². The Hall–Kier alpha value is -2.81. The lowest BCUT2D eigenvalue weighted by atomic mass is 9.92. The number of nitrogens with zero attached hydrogens (tertiary/aromatic N) is 3. The lowest BCUT2D eigenvalue weighted by Gasteiger charge is -2.29. The highest BCUT2D eigenvalue weighted by Gasteiger charge is 2.37. The van der Waals surface area contributed by atoms with Crippen LogP contribution in [0.2, 0.25) is 0 Å². The van der Waals surface area contributed by atoms with Crippen LogP contribution in [-0.4, -0.2) is 26.9 Å². The van der Waals surface area contributed by atoms with Crippen molar-refractivity contribution in [2.75, 3.05) is 0 Å². The van der Waals surface area contributed by atoms with Gasteiger partial charge in [-0.25, -0.2) is 14.2 Å². The molecule has 2 heterocycles. The number of halogens is 2. The second-order valence-electron chi connectivity index (χ2n) is 8.02. The van der Waals surface area contributed by atoms with E-state index in [0.29, 0.717) is 11.0 Å². The van der Waals surface area contributed by atoms with Crippen molar-refractivity contribution in [3.8, 4) is 11.5 Å². The van der Waals surface area contributed by atoms with Gasteiger partial charge in [0.1, 0.15) is 15.7 Å². The van der Waals surface area contributed by atoms with Gasteiger partial charge in [-0.3, -0.25) is 0 Å². The summed E-state index contributed by atoms with van der Waals surface area (Å²) in [5.41, 5.74) is -0.719. The smallest absolute Gasteiger partial charge is 0.408 e. The number of pyridine rings is 1. The Morgan fingerprint density at radius 3 is 2.57 bits per heavy atom. The van der Waals surface area contributed by atoms with Crippen LogP contribution < -0.4 is 5.32 Å². The fraction of sp³-hybridized carbons (Fsp3) is 0.333. The zero-order valence-electron chi connectivity index (χ0n) is 17.1. The molecule has 0 aliphatic rings. The van der Waals surface area contributed by atoms with Crippen LogP contribution in [0.4, 0.5) is 9.18 Å². The van der Waals surface area contributed by atoms with E-state index in [0.717, 1.165) is 11.8 Å². The van der Waals surface area contributed by atoms with Gasteiger partial charge in [0.05, 0.1) is 11.8 Å². The van der Waals surface area contributed by atoms with Gasteiger partial charge in [-0.2, -0.15) is 0 Å². The van der Waals surface area contributed by atoms with Crippen molar-refractivity contribution in [2.24, 2.45) is 0 Å². The summed E-state index contributed by atoms with van der Waals surface area (Å²) in [5.74, 6) is -0.492. The molecule has 9 heteroatoms. The third-order valence-electron chi connectivity index (χ3n) is 4.13. The Morgan fingerprint density at radius 1 is 1.20 bits per heavy atom. The number of hydrogen-bond donors (Lipinski definition) is 1. The minimum atomic E-state index is -1.09. The zero-order chi connectivity index (χ0) is 21.9. The topological polar surface area (TPSA) is 90.1 Å². The van der Waals surface area contributed by atoms with E-state index in [1.54, 1.807) is 27.7 Å². The highest BCUT2D eigenvalue weighted by molar-refractivity contribution is 9.10. The molecule has 0 saturated heterocycles. The standard InChI is InChI=1S/C21H22BrFN4O3/c1-20(2,3)30-19(28)25-21(4,11-13-8-6-5-7-9-13)18-27-26-17(29-18)14-10-16(22)24-12-15(14)23/h5-10,12H,11H2,1-4H3,(H,25,28). The van der Waals surface area contributed by atoms with E-state index in [1.807, 2.05) is 30.3 Å². The van der Waals surface area contributed by atoms with Crippen molar-refractivity contribution in [2.45, 2.75) is 45.3 Å². The molecule has 0 fully saturated rings. The van der Waals surface area contributed by atoms with E-state index in [4.69, 9.17) is 9.15 Å². The van der Waals surface area contributed by atoms with Crippen LogP contribution in [0.1, 0.15) is 39.1 Å². The highest BCUT2D eigenvalue weighted by atomic mass is 79.9. The molecular formula is C21H22BrFN4O3. The van der Waals surface area contributed by atoms with Crippen molar-refractivity contribution >= 4 is 22.0 Å². The molecule has 1 unspecified atom stereocenters. The monoisotopic (exact) mass is 476 g/mol. The lowest BCUT2D eigenvalue weighted by Crippen LogP contribution is -2.47. The lowest BCUT2D eigenvalue weighted by molar-refractivity contribution is 0.0443. The number of ether oxygens (including phenoxy) is 1. The molecule has 2 aromatic heterocycles. The molecule has 1 aromatic carbocycles. The molecular weight excluding hydrogens is 455 g/mol. The summed E-state index contributed by atoms with van der Waals surface area (Å²) in [4.78, 5) is 16.3. The normalized spacial score (nSPS) is 13.5. The van der Waals surface area contributed by atoms with Gasteiger partial charge in [0.2, 0.25) is 5.89 Å². The molecule has 30 heavy (non-hydrogen) atoms. The van der Waals surface area contributed by atoms with E-state index >= 15 is 0 Å².